The molecule has 1 aromatic carbocycles. The summed E-state index contributed by atoms with van der Waals surface area (Å²) in [5.74, 6) is 5.58. The van der Waals surface area contributed by atoms with Crippen molar-refractivity contribution in [3.63, 3.8) is 0 Å². The van der Waals surface area contributed by atoms with Gasteiger partial charge in [-0.05, 0) is 19.4 Å². The lowest BCUT2D eigenvalue weighted by atomic mass is 10.0. The van der Waals surface area contributed by atoms with Crippen LogP contribution in [0.3, 0.4) is 0 Å². The van der Waals surface area contributed by atoms with E-state index in [-0.39, 0.29) is 17.9 Å². The normalized spacial score (nSPS) is 14.7. The van der Waals surface area contributed by atoms with Crippen LogP contribution in [-0.2, 0) is 4.79 Å². The monoisotopic (exact) mass is 273 g/mol. The summed E-state index contributed by atoms with van der Waals surface area (Å²) in [6, 6.07) is 9.12. The van der Waals surface area contributed by atoms with E-state index >= 15 is 0 Å². The van der Waals surface area contributed by atoms with Crippen LogP contribution in [0.1, 0.15) is 38.9 Å². The minimum absolute atomic E-state index is 0.00947. The molecule has 3 heteroatoms. The second-order valence-electron chi connectivity index (χ2n) is 5.08. The Balaban J connectivity index is 2.72. The maximum absolute atomic E-state index is 12.3. The van der Waals surface area contributed by atoms with E-state index in [0.717, 1.165) is 5.56 Å². The van der Waals surface area contributed by atoms with Crippen molar-refractivity contribution in [3.8, 4) is 11.8 Å². The number of hydrogen-bond donors (Lipinski definition) is 1. The van der Waals surface area contributed by atoms with Crippen LogP contribution in [0.15, 0.2) is 30.3 Å². The molecule has 0 spiro atoms. The zero-order valence-electron chi connectivity index (χ0n) is 12.6. The molecule has 0 aliphatic carbocycles. The van der Waals surface area contributed by atoms with Crippen LogP contribution >= 0.6 is 0 Å². The molecule has 0 aromatic heterocycles. The molecule has 1 N–H and O–H groups in total. The van der Waals surface area contributed by atoms with Gasteiger partial charge >= 0.3 is 0 Å². The van der Waals surface area contributed by atoms with Crippen LogP contribution in [0.2, 0.25) is 0 Å². The summed E-state index contributed by atoms with van der Waals surface area (Å²) in [5.41, 5.74) is 0.820. The molecule has 0 heterocycles. The van der Waals surface area contributed by atoms with Crippen molar-refractivity contribution < 1.29 is 9.90 Å². The van der Waals surface area contributed by atoms with Crippen LogP contribution in [0, 0.1) is 17.8 Å². The van der Waals surface area contributed by atoms with Crippen molar-refractivity contribution in [1.29, 1.82) is 0 Å². The summed E-state index contributed by atoms with van der Waals surface area (Å²) >= 11 is 0. The van der Waals surface area contributed by atoms with Crippen LogP contribution in [0.4, 0.5) is 0 Å². The lowest BCUT2D eigenvalue weighted by Gasteiger charge is -2.31. The number of rotatable bonds is 5. The minimum Gasteiger partial charge on any atom is -0.386 e. The molecule has 0 radical (unpaired) electrons. The van der Waals surface area contributed by atoms with E-state index in [9.17, 15) is 9.90 Å². The van der Waals surface area contributed by atoms with Gasteiger partial charge < -0.3 is 10.0 Å². The van der Waals surface area contributed by atoms with E-state index in [2.05, 4.69) is 11.8 Å². The Labute approximate surface area is 121 Å². The van der Waals surface area contributed by atoms with Gasteiger partial charge in [0.2, 0.25) is 5.91 Å². The second kappa shape index (κ2) is 7.72. The largest absolute Gasteiger partial charge is 0.386 e. The molecule has 0 saturated heterocycles. The number of amides is 1. The summed E-state index contributed by atoms with van der Waals surface area (Å²) in [6.07, 6.45) is -0.136. The highest BCUT2D eigenvalue weighted by Crippen LogP contribution is 2.21. The zero-order valence-corrected chi connectivity index (χ0v) is 12.6. The maximum Gasteiger partial charge on any atom is 0.226 e. The third-order valence-electron chi connectivity index (χ3n) is 3.56. The van der Waals surface area contributed by atoms with Gasteiger partial charge in [0, 0.05) is 19.4 Å². The SMILES string of the molecule is CC#CC[C@H](C)C(=O)N(C)[C@@H](C)[C@@H](O)c1ccccc1. The molecule has 0 aliphatic heterocycles. The minimum atomic E-state index is -0.686. The van der Waals surface area contributed by atoms with Gasteiger partial charge in [-0.2, -0.15) is 0 Å². The molecule has 0 fully saturated rings. The van der Waals surface area contributed by atoms with Crippen molar-refractivity contribution >= 4 is 5.91 Å². The zero-order chi connectivity index (χ0) is 15.1. The Morgan fingerprint density at radius 2 is 1.90 bits per heavy atom. The van der Waals surface area contributed by atoms with Gasteiger partial charge in [0.15, 0.2) is 0 Å². The van der Waals surface area contributed by atoms with Crippen LogP contribution in [0.25, 0.3) is 0 Å². The number of nitrogens with zero attached hydrogens (tertiary/aromatic N) is 1. The first kappa shape index (κ1) is 16.3. The van der Waals surface area contributed by atoms with Crippen molar-refractivity contribution in [2.45, 2.75) is 39.3 Å². The first-order chi connectivity index (χ1) is 9.49. The summed E-state index contributed by atoms with van der Waals surface area (Å²) < 4.78 is 0. The summed E-state index contributed by atoms with van der Waals surface area (Å²) in [4.78, 5) is 13.9. The first-order valence-electron chi connectivity index (χ1n) is 6.88. The second-order valence-corrected chi connectivity index (χ2v) is 5.08. The number of carbonyl (C=O) groups is 1. The van der Waals surface area contributed by atoms with Gasteiger partial charge in [-0.1, -0.05) is 37.3 Å². The van der Waals surface area contributed by atoms with E-state index in [1.54, 1.807) is 18.9 Å². The third kappa shape index (κ3) is 4.11. The quantitative estimate of drug-likeness (QED) is 0.838. The van der Waals surface area contributed by atoms with Crippen molar-refractivity contribution in [2.75, 3.05) is 7.05 Å². The fourth-order valence-corrected chi connectivity index (χ4v) is 2.03. The standard InChI is InChI=1S/C17H23NO2/c1-5-6-10-13(2)17(20)18(4)14(3)16(19)15-11-8-7-9-12-15/h7-9,11-14,16,19H,10H2,1-4H3/t13-,14-,16+/m0/s1. The predicted molar refractivity (Wildman–Crippen MR) is 80.9 cm³/mol. The highest BCUT2D eigenvalue weighted by molar-refractivity contribution is 5.78. The number of aliphatic hydroxyl groups excluding tert-OH is 1. The van der Waals surface area contributed by atoms with Crippen molar-refractivity contribution in [2.24, 2.45) is 5.92 Å². The summed E-state index contributed by atoms with van der Waals surface area (Å²) in [6.45, 7) is 5.49. The molecule has 1 amide bonds. The van der Waals surface area contributed by atoms with Crippen molar-refractivity contribution in [1.82, 2.24) is 4.90 Å². The average molecular weight is 273 g/mol. The fourth-order valence-electron chi connectivity index (χ4n) is 2.03. The Morgan fingerprint density at radius 1 is 1.30 bits per heavy atom. The molecule has 0 aliphatic rings. The van der Waals surface area contributed by atoms with Crippen LogP contribution < -0.4 is 0 Å². The van der Waals surface area contributed by atoms with Gasteiger partial charge in [0.1, 0.15) is 0 Å². The predicted octanol–water partition coefficient (Wildman–Crippen LogP) is 2.62. The van der Waals surface area contributed by atoms with Gasteiger partial charge in [0.05, 0.1) is 12.1 Å². The molecule has 108 valence electrons. The molecule has 1 rings (SSSR count). The molecule has 0 bridgehead atoms. The number of likely N-dealkylation sites (N-methyl/N-ethyl adjacent to an activating group) is 1. The van der Waals surface area contributed by atoms with Gasteiger partial charge in [0.25, 0.3) is 0 Å². The Bertz CT molecular complexity index is 487. The Hall–Kier alpha value is -1.79. The molecule has 20 heavy (non-hydrogen) atoms. The lowest BCUT2D eigenvalue weighted by Crippen LogP contribution is -2.41. The van der Waals surface area contributed by atoms with Gasteiger partial charge in [-0.15, -0.1) is 11.8 Å². The summed E-state index contributed by atoms with van der Waals surface area (Å²) in [5, 5.41) is 10.3. The topological polar surface area (TPSA) is 40.5 Å². The molecular weight excluding hydrogens is 250 g/mol. The van der Waals surface area contributed by atoms with Crippen LogP contribution in [-0.4, -0.2) is 29.0 Å². The number of hydrogen-bond acceptors (Lipinski definition) is 2. The molecule has 3 nitrogen and oxygen atoms in total. The van der Waals surface area contributed by atoms with Crippen molar-refractivity contribution in [3.05, 3.63) is 35.9 Å². The van der Waals surface area contributed by atoms with E-state index in [1.807, 2.05) is 44.2 Å². The highest BCUT2D eigenvalue weighted by atomic mass is 16.3. The Morgan fingerprint density at radius 3 is 2.45 bits per heavy atom. The Kier molecular flexibility index (Phi) is 6.27. The van der Waals surface area contributed by atoms with E-state index in [0.29, 0.717) is 6.42 Å². The maximum atomic E-state index is 12.3. The number of benzene rings is 1. The lowest BCUT2D eigenvalue weighted by molar-refractivity contribution is -0.137. The van der Waals surface area contributed by atoms with E-state index < -0.39 is 6.10 Å². The van der Waals surface area contributed by atoms with E-state index in [1.165, 1.54) is 0 Å². The molecule has 0 saturated carbocycles. The molecule has 1 aromatic rings. The molecule has 3 atom stereocenters. The highest BCUT2D eigenvalue weighted by Gasteiger charge is 2.26. The number of carbonyl (C=O) groups excluding carboxylic acids is 1. The van der Waals surface area contributed by atoms with Crippen LogP contribution in [0.5, 0.6) is 0 Å². The smallest absolute Gasteiger partial charge is 0.226 e. The number of aliphatic hydroxyl groups is 1. The first-order valence-corrected chi connectivity index (χ1v) is 6.88. The third-order valence-corrected chi connectivity index (χ3v) is 3.56. The molecular formula is C17H23NO2. The fraction of sp³-hybridized carbons (Fsp3) is 0.471. The van der Waals surface area contributed by atoms with Gasteiger partial charge in [-0.25, -0.2) is 0 Å². The average Bonchev–Trinajstić information content (AvgIpc) is 2.50. The van der Waals surface area contributed by atoms with Gasteiger partial charge in [-0.3, -0.25) is 4.79 Å². The summed E-state index contributed by atoms with van der Waals surface area (Å²) in [7, 11) is 1.73. The van der Waals surface area contributed by atoms with E-state index in [4.69, 9.17) is 0 Å². The molecule has 0 unspecified atom stereocenters.